The number of nitrogens with zero attached hydrogens (tertiary/aromatic N) is 4. The number of phosphoric ester groups is 1. The van der Waals surface area contributed by atoms with Gasteiger partial charge in [0, 0.05) is 75.3 Å². The molecular weight excluding hydrogens is 948 g/mol. The van der Waals surface area contributed by atoms with Gasteiger partial charge in [-0.25, -0.2) is 9.55 Å². The Morgan fingerprint density at radius 2 is 1.70 bits per heavy atom. The van der Waals surface area contributed by atoms with E-state index in [9.17, 15) is 57.8 Å². The van der Waals surface area contributed by atoms with E-state index in [0.29, 0.717) is 18.4 Å². The molecule has 0 saturated carbocycles. The number of likely N-dealkylation sites (N-methyl/N-ethyl adjacent to an activating group) is 1. The third-order valence-corrected chi connectivity index (χ3v) is 14.3. The summed E-state index contributed by atoms with van der Waals surface area (Å²) in [6.45, 7) is 11.5. The predicted molar refractivity (Wildman–Crippen MR) is 259 cm³/mol. The zero-order chi connectivity index (χ0) is 52.0. The minimum atomic E-state index is -5.10. The average Bonchev–Trinajstić information content (AvgIpc) is 3.91. The Labute approximate surface area is 413 Å². The number of hydrogen-bond donors (Lipinski definition) is 5. The number of carboxylic acids is 1. The van der Waals surface area contributed by atoms with Gasteiger partial charge >= 0.3 is 19.8 Å². The largest absolute Gasteiger partial charge is 0.524 e. The number of carbonyl (C=O) groups is 8. The van der Waals surface area contributed by atoms with Crippen LogP contribution in [0.2, 0.25) is 0 Å². The number of unbranched alkanes of at least 4 members (excludes halogenated alkanes) is 1. The lowest BCUT2D eigenvalue weighted by Gasteiger charge is -2.37. The molecular formula is C48H69N6O14PS. The molecule has 22 heteroatoms. The molecule has 2 aliphatic rings. The molecule has 0 aliphatic carbocycles. The van der Waals surface area contributed by atoms with Crippen molar-refractivity contribution in [1.29, 1.82) is 0 Å². The van der Waals surface area contributed by atoms with Crippen molar-refractivity contribution in [3.63, 3.8) is 0 Å². The molecule has 4 rings (SSSR count). The standard InChI is InChI=1S/C48H69N6O14PS/c1-9-29(4)34(25-39(56)37-14-10-12-20-52(37)7)47(61)53(8)38(28(2)3)26-41(67-31(6)55)46-51-36(27-70-46)45(60)49-33(22-30(5)48(62)63)23-32-16-17-40(68-69(64,65)66)35(24-32)50-42(57)15-11-13-21-54-43(58)18-19-44(54)59/h16-19,24,27-30,33-34,37-38,41H,9-15,20-23,25-26H2,1-8H3,(H,49,60)(H,50,57)(H,62,63)(H2,64,65,66)/t29-,30?,33+,34-,37?,38+,41+/m0/s1. The summed E-state index contributed by atoms with van der Waals surface area (Å²) in [5.41, 5.74) is 0.259. The van der Waals surface area contributed by atoms with Crippen molar-refractivity contribution in [2.24, 2.45) is 23.7 Å². The first-order chi connectivity index (χ1) is 32.9. The minimum absolute atomic E-state index is 0.0154. The van der Waals surface area contributed by atoms with Gasteiger partial charge in [-0.3, -0.25) is 57.9 Å². The lowest BCUT2D eigenvalue weighted by Crippen LogP contribution is -2.48. The van der Waals surface area contributed by atoms with E-state index in [2.05, 4.69) is 20.5 Å². The number of Topliss-reactive ketones (excluding diaryl/α,β-unsaturated/α-hetero) is 1. The van der Waals surface area contributed by atoms with Crippen LogP contribution in [0.4, 0.5) is 5.69 Å². The van der Waals surface area contributed by atoms with Crippen LogP contribution in [0.3, 0.4) is 0 Å². The highest BCUT2D eigenvalue weighted by atomic mass is 32.1. The van der Waals surface area contributed by atoms with Gasteiger partial charge in [-0.2, -0.15) is 0 Å². The summed E-state index contributed by atoms with van der Waals surface area (Å²) in [4.78, 5) is 132. The number of thiazole rings is 1. The van der Waals surface area contributed by atoms with Crippen LogP contribution in [0.5, 0.6) is 5.75 Å². The van der Waals surface area contributed by atoms with E-state index >= 15 is 0 Å². The van der Waals surface area contributed by atoms with E-state index in [1.54, 1.807) is 11.9 Å². The number of benzene rings is 1. The van der Waals surface area contributed by atoms with Crippen LogP contribution in [0.1, 0.15) is 133 Å². The molecule has 0 bridgehead atoms. The number of ketones is 1. The van der Waals surface area contributed by atoms with Crippen LogP contribution in [0, 0.1) is 23.7 Å². The minimum Gasteiger partial charge on any atom is -0.481 e. The molecule has 1 aromatic heterocycles. The molecule has 0 radical (unpaired) electrons. The fourth-order valence-electron chi connectivity index (χ4n) is 8.81. The summed E-state index contributed by atoms with van der Waals surface area (Å²) in [6, 6.07) is 2.50. The number of likely N-dealkylation sites (tertiary alicyclic amines) is 1. The van der Waals surface area contributed by atoms with Crippen molar-refractivity contribution in [3.8, 4) is 5.75 Å². The van der Waals surface area contributed by atoms with Gasteiger partial charge in [0.25, 0.3) is 17.7 Å². The topological polar surface area (TPSA) is 279 Å². The number of hydrogen-bond acceptors (Lipinski definition) is 14. The number of aliphatic carboxylic acids is 1. The number of ether oxygens (including phenoxy) is 1. The van der Waals surface area contributed by atoms with Crippen LogP contribution in [0.15, 0.2) is 35.7 Å². The van der Waals surface area contributed by atoms with Gasteiger partial charge in [0.2, 0.25) is 11.8 Å². The van der Waals surface area contributed by atoms with Gasteiger partial charge in [0.15, 0.2) is 17.6 Å². The number of imide groups is 1. The van der Waals surface area contributed by atoms with Crippen molar-refractivity contribution in [2.45, 2.75) is 136 Å². The fraction of sp³-hybridized carbons (Fsp3) is 0.604. The lowest BCUT2D eigenvalue weighted by molar-refractivity contribution is -0.150. The number of esters is 1. The number of rotatable bonds is 27. The molecule has 1 saturated heterocycles. The fourth-order valence-corrected chi connectivity index (χ4v) is 10.1. The molecule has 1 fully saturated rings. The first kappa shape index (κ1) is 57.2. The number of aromatic nitrogens is 1. The summed E-state index contributed by atoms with van der Waals surface area (Å²) in [7, 11) is -1.46. The molecule has 0 spiro atoms. The maximum Gasteiger partial charge on any atom is 0.524 e. The SMILES string of the molecule is CC[C@H](C)[C@H](CC(=O)C1CCCCN1C)C(=O)N(C)[C@H](C[C@@H](OC(C)=O)c1nc(C(=O)N[C@@H](Cc2ccc(OP(=O)(O)O)c(NC(=O)CCCCN3C(=O)C=CC3=O)c2)CC(C)C(=O)O)cs1)C(C)C. The highest BCUT2D eigenvalue weighted by Gasteiger charge is 2.38. The van der Waals surface area contributed by atoms with Gasteiger partial charge in [-0.1, -0.05) is 53.5 Å². The Hall–Kier alpha value is -5.34. The second kappa shape index (κ2) is 26.2. The van der Waals surface area contributed by atoms with Gasteiger partial charge in [0.1, 0.15) is 10.7 Å². The van der Waals surface area contributed by atoms with Crippen molar-refractivity contribution >= 4 is 72.1 Å². The number of anilines is 1. The average molecular weight is 1020 g/mol. The predicted octanol–water partition coefficient (Wildman–Crippen LogP) is 5.68. The first-order valence-corrected chi connectivity index (χ1v) is 26.2. The molecule has 2 aromatic rings. The van der Waals surface area contributed by atoms with Crippen LogP contribution >= 0.6 is 19.2 Å². The molecule has 2 aliphatic heterocycles. The van der Waals surface area contributed by atoms with Crippen molar-refractivity contribution in [2.75, 3.05) is 32.5 Å². The van der Waals surface area contributed by atoms with Gasteiger partial charge in [-0.05, 0) is 81.6 Å². The van der Waals surface area contributed by atoms with E-state index in [-0.39, 0.29) is 96.8 Å². The number of carbonyl (C=O) groups excluding carboxylic acids is 7. The summed E-state index contributed by atoms with van der Waals surface area (Å²) in [6.07, 6.45) is 5.44. The quantitative estimate of drug-likeness (QED) is 0.0311. The Bertz CT molecular complexity index is 2280. The van der Waals surface area contributed by atoms with Crippen molar-refractivity contribution in [1.82, 2.24) is 25.0 Å². The number of phosphoric acid groups is 1. The molecule has 5 amide bonds. The van der Waals surface area contributed by atoms with Crippen molar-refractivity contribution in [3.05, 3.63) is 52.0 Å². The highest BCUT2D eigenvalue weighted by molar-refractivity contribution is 7.46. The van der Waals surface area contributed by atoms with E-state index in [0.717, 1.165) is 54.2 Å². The second-order valence-electron chi connectivity index (χ2n) is 18.7. The normalized spacial score (nSPS) is 17.9. The van der Waals surface area contributed by atoms with Gasteiger partial charge in [-0.15, -0.1) is 11.3 Å². The zero-order valence-corrected chi connectivity index (χ0v) is 43.0. The van der Waals surface area contributed by atoms with Crippen LogP contribution in [0.25, 0.3) is 0 Å². The monoisotopic (exact) mass is 1020 g/mol. The maximum atomic E-state index is 14.4. The molecule has 5 N–H and O–H groups in total. The molecule has 386 valence electrons. The molecule has 2 unspecified atom stereocenters. The number of piperidine rings is 1. The lowest BCUT2D eigenvalue weighted by atomic mass is 9.83. The highest BCUT2D eigenvalue weighted by Crippen LogP contribution is 2.42. The number of nitrogens with one attached hydrogen (secondary N) is 2. The third kappa shape index (κ3) is 16.9. The van der Waals surface area contributed by atoms with E-state index in [1.807, 2.05) is 34.7 Å². The smallest absolute Gasteiger partial charge is 0.481 e. The van der Waals surface area contributed by atoms with Gasteiger partial charge < -0.3 is 29.9 Å². The molecule has 3 heterocycles. The van der Waals surface area contributed by atoms with Gasteiger partial charge in [0.05, 0.1) is 17.6 Å². The number of amides is 5. The number of carboxylic acid groups (broad SMARTS) is 1. The van der Waals surface area contributed by atoms with E-state index < -0.39 is 73.4 Å². The Morgan fingerprint density at radius 1 is 1.01 bits per heavy atom. The zero-order valence-electron chi connectivity index (χ0n) is 41.3. The summed E-state index contributed by atoms with van der Waals surface area (Å²) in [5.74, 6) is -6.07. The Morgan fingerprint density at radius 3 is 2.30 bits per heavy atom. The molecule has 7 atom stereocenters. The summed E-state index contributed by atoms with van der Waals surface area (Å²) < 4.78 is 22.5. The Balaban J connectivity index is 1.52. The Kier molecular flexibility index (Phi) is 21.4. The van der Waals surface area contributed by atoms with E-state index in [1.165, 1.54) is 37.4 Å². The molecule has 20 nitrogen and oxygen atoms in total. The molecule has 1 aromatic carbocycles. The van der Waals surface area contributed by atoms with Crippen LogP contribution in [-0.2, 0) is 49.3 Å². The van der Waals surface area contributed by atoms with Crippen LogP contribution < -0.4 is 15.2 Å². The second-order valence-corrected chi connectivity index (χ2v) is 20.8. The molecule has 70 heavy (non-hydrogen) atoms. The van der Waals surface area contributed by atoms with Crippen LogP contribution in [-0.4, -0.2) is 127 Å². The summed E-state index contributed by atoms with van der Waals surface area (Å²) in [5, 5.41) is 17.0. The van der Waals surface area contributed by atoms with E-state index in [4.69, 9.17) is 9.26 Å². The maximum absolute atomic E-state index is 14.4. The van der Waals surface area contributed by atoms with Crippen molar-refractivity contribution < 1.29 is 67.1 Å². The summed E-state index contributed by atoms with van der Waals surface area (Å²) >= 11 is 1.07. The third-order valence-electron chi connectivity index (χ3n) is 13.0. The first-order valence-electron chi connectivity index (χ1n) is 23.8.